The molecule has 3 rings (SSSR count). The van der Waals surface area contributed by atoms with Crippen LogP contribution < -0.4 is 15.5 Å². The number of anilines is 1. The van der Waals surface area contributed by atoms with E-state index in [0.717, 1.165) is 31.2 Å². The highest BCUT2D eigenvalue weighted by molar-refractivity contribution is 14.0. The van der Waals surface area contributed by atoms with E-state index in [2.05, 4.69) is 22.5 Å². The lowest BCUT2D eigenvalue weighted by molar-refractivity contribution is 0.122. The third-order valence-electron chi connectivity index (χ3n) is 6.09. The molecule has 0 amide bonds. The standard InChI is InChI=1S/C21H33FN4O.HI/c1-3-21(8-4-5-9-21)16-25-20(23-2)24-15-17-6-7-19(18(22)14-17)26-10-12-27-13-11-26;/h6-7,14H,3-5,8-13,15-16H2,1-2H3,(H2,23,24,25);1H. The van der Waals surface area contributed by atoms with E-state index in [9.17, 15) is 4.39 Å². The van der Waals surface area contributed by atoms with Gasteiger partial charge in [-0.15, -0.1) is 24.0 Å². The maximum absolute atomic E-state index is 14.5. The molecule has 2 aliphatic rings. The van der Waals surface area contributed by atoms with Gasteiger partial charge >= 0.3 is 0 Å². The fourth-order valence-corrected chi connectivity index (χ4v) is 4.18. The minimum Gasteiger partial charge on any atom is -0.378 e. The van der Waals surface area contributed by atoms with Crippen molar-refractivity contribution >= 4 is 35.6 Å². The van der Waals surface area contributed by atoms with Gasteiger partial charge in [-0.05, 0) is 42.4 Å². The minimum atomic E-state index is -0.171. The van der Waals surface area contributed by atoms with Crippen LogP contribution in [0.5, 0.6) is 0 Å². The predicted molar refractivity (Wildman–Crippen MR) is 124 cm³/mol. The number of hydrogen-bond acceptors (Lipinski definition) is 3. The average Bonchev–Trinajstić information content (AvgIpc) is 3.18. The predicted octanol–water partition coefficient (Wildman–Crippen LogP) is 3.92. The van der Waals surface area contributed by atoms with Crippen molar-refractivity contribution in [3.8, 4) is 0 Å². The van der Waals surface area contributed by atoms with Crippen molar-refractivity contribution in [2.45, 2.75) is 45.6 Å². The number of benzene rings is 1. The van der Waals surface area contributed by atoms with Gasteiger partial charge in [-0.1, -0.05) is 25.8 Å². The molecule has 0 bridgehead atoms. The molecular weight excluding hydrogens is 470 g/mol. The molecule has 1 saturated heterocycles. The highest BCUT2D eigenvalue weighted by Crippen LogP contribution is 2.40. The van der Waals surface area contributed by atoms with Crippen LogP contribution in [0.15, 0.2) is 23.2 Å². The van der Waals surface area contributed by atoms with Crippen molar-refractivity contribution in [3.63, 3.8) is 0 Å². The number of nitrogens with zero attached hydrogens (tertiary/aromatic N) is 2. The number of rotatable bonds is 6. The Hall–Kier alpha value is -1.09. The molecule has 1 saturated carbocycles. The van der Waals surface area contributed by atoms with Crippen molar-refractivity contribution in [1.29, 1.82) is 0 Å². The van der Waals surface area contributed by atoms with Crippen LogP contribution in [0.4, 0.5) is 10.1 Å². The lowest BCUT2D eigenvalue weighted by Crippen LogP contribution is -2.42. The number of guanidine groups is 1. The summed E-state index contributed by atoms with van der Waals surface area (Å²) >= 11 is 0. The van der Waals surface area contributed by atoms with Gasteiger partial charge in [0.1, 0.15) is 5.82 Å². The smallest absolute Gasteiger partial charge is 0.191 e. The van der Waals surface area contributed by atoms with Gasteiger partial charge in [0.25, 0.3) is 0 Å². The summed E-state index contributed by atoms with van der Waals surface area (Å²) in [6.45, 7) is 6.58. The summed E-state index contributed by atoms with van der Waals surface area (Å²) < 4.78 is 19.9. The van der Waals surface area contributed by atoms with Gasteiger partial charge in [-0.3, -0.25) is 4.99 Å². The Bertz CT molecular complexity index is 643. The van der Waals surface area contributed by atoms with Crippen LogP contribution >= 0.6 is 24.0 Å². The molecule has 1 aliphatic carbocycles. The highest BCUT2D eigenvalue weighted by atomic mass is 127. The van der Waals surface area contributed by atoms with Crippen LogP contribution in [-0.2, 0) is 11.3 Å². The van der Waals surface area contributed by atoms with Gasteiger partial charge in [0.05, 0.1) is 18.9 Å². The SMILES string of the molecule is CCC1(CNC(=NC)NCc2ccc(N3CCOCC3)c(F)c2)CCCC1.I. The maximum Gasteiger partial charge on any atom is 0.191 e. The topological polar surface area (TPSA) is 48.9 Å². The van der Waals surface area contributed by atoms with Crippen molar-refractivity contribution in [2.75, 3.05) is 44.8 Å². The highest BCUT2D eigenvalue weighted by Gasteiger charge is 2.31. The van der Waals surface area contributed by atoms with Gasteiger partial charge in [-0.2, -0.15) is 0 Å². The van der Waals surface area contributed by atoms with Gasteiger partial charge in [0.2, 0.25) is 0 Å². The van der Waals surface area contributed by atoms with E-state index in [-0.39, 0.29) is 29.8 Å². The number of hydrogen-bond donors (Lipinski definition) is 2. The van der Waals surface area contributed by atoms with Crippen molar-refractivity contribution in [2.24, 2.45) is 10.4 Å². The fourth-order valence-electron chi connectivity index (χ4n) is 4.18. The molecule has 0 atom stereocenters. The molecule has 1 aliphatic heterocycles. The Labute approximate surface area is 185 Å². The van der Waals surface area contributed by atoms with Crippen LogP contribution in [0.25, 0.3) is 0 Å². The van der Waals surface area contributed by atoms with E-state index in [4.69, 9.17) is 4.74 Å². The first-order valence-electron chi connectivity index (χ1n) is 10.2. The van der Waals surface area contributed by atoms with Gasteiger partial charge in [0, 0.05) is 33.2 Å². The van der Waals surface area contributed by atoms with Crippen molar-refractivity contribution < 1.29 is 9.13 Å². The first-order valence-corrected chi connectivity index (χ1v) is 10.2. The molecule has 5 nitrogen and oxygen atoms in total. The van der Waals surface area contributed by atoms with Gasteiger partial charge in [-0.25, -0.2) is 4.39 Å². The Morgan fingerprint density at radius 1 is 1.21 bits per heavy atom. The number of nitrogens with one attached hydrogen (secondary N) is 2. The van der Waals surface area contributed by atoms with Crippen LogP contribution in [-0.4, -0.2) is 45.9 Å². The number of aliphatic imine (C=N–C) groups is 1. The zero-order valence-electron chi connectivity index (χ0n) is 17.1. The fraction of sp³-hybridized carbons (Fsp3) is 0.667. The first-order chi connectivity index (χ1) is 13.2. The number of ether oxygens (including phenoxy) is 1. The molecular formula is C21H34FIN4O. The first kappa shape index (κ1) is 23.2. The lowest BCUT2D eigenvalue weighted by atomic mass is 9.83. The molecule has 2 N–H and O–H groups in total. The molecule has 1 aromatic carbocycles. The van der Waals surface area contributed by atoms with E-state index in [1.807, 2.05) is 17.0 Å². The summed E-state index contributed by atoms with van der Waals surface area (Å²) in [5.41, 5.74) is 1.98. The molecule has 1 heterocycles. The molecule has 0 radical (unpaired) electrons. The molecule has 0 spiro atoms. The Balaban J connectivity index is 0.00000280. The van der Waals surface area contributed by atoms with Gasteiger partial charge in [0.15, 0.2) is 5.96 Å². The van der Waals surface area contributed by atoms with Crippen LogP contribution in [0.2, 0.25) is 0 Å². The second-order valence-electron chi connectivity index (χ2n) is 7.73. The Kier molecular flexibility index (Phi) is 9.27. The van der Waals surface area contributed by atoms with Crippen LogP contribution in [0.1, 0.15) is 44.6 Å². The average molecular weight is 504 g/mol. The summed E-state index contributed by atoms with van der Waals surface area (Å²) in [5, 5.41) is 6.79. The molecule has 7 heteroatoms. The molecule has 0 unspecified atom stereocenters. The second kappa shape index (κ2) is 11.2. The summed E-state index contributed by atoms with van der Waals surface area (Å²) in [6, 6.07) is 5.48. The summed E-state index contributed by atoms with van der Waals surface area (Å²) in [6.07, 6.45) is 6.45. The summed E-state index contributed by atoms with van der Waals surface area (Å²) in [4.78, 5) is 6.37. The van der Waals surface area contributed by atoms with Crippen molar-refractivity contribution in [3.05, 3.63) is 29.6 Å². The number of halogens is 2. The minimum absolute atomic E-state index is 0. The third-order valence-corrected chi connectivity index (χ3v) is 6.09. The Morgan fingerprint density at radius 2 is 1.93 bits per heavy atom. The quantitative estimate of drug-likeness (QED) is 0.351. The van der Waals surface area contributed by atoms with E-state index in [1.54, 1.807) is 13.1 Å². The second-order valence-corrected chi connectivity index (χ2v) is 7.73. The zero-order chi connectivity index (χ0) is 19.1. The van der Waals surface area contributed by atoms with Gasteiger partial charge < -0.3 is 20.3 Å². The zero-order valence-corrected chi connectivity index (χ0v) is 19.4. The molecule has 158 valence electrons. The normalized spacial score (nSPS) is 19.2. The largest absolute Gasteiger partial charge is 0.378 e. The third kappa shape index (κ3) is 5.95. The summed E-state index contributed by atoms with van der Waals surface area (Å²) in [7, 11) is 1.78. The van der Waals surface area contributed by atoms with E-state index >= 15 is 0 Å². The van der Waals surface area contributed by atoms with Crippen LogP contribution in [0, 0.1) is 11.2 Å². The monoisotopic (exact) mass is 504 g/mol. The van der Waals surface area contributed by atoms with Crippen molar-refractivity contribution in [1.82, 2.24) is 10.6 Å². The van der Waals surface area contributed by atoms with Crippen LogP contribution in [0.3, 0.4) is 0 Å². The molecule has 28 heavy (non-hydrogen) atoms. The van der Waals surface area contributed by atoms with E-state index < -0.39 is 0 Å². The summed E-state index contributed by atoms with van der Waals surface area (Å²) in [5.74, 6) is 0.613. The Morgan fingerprint density at radius 3 is 2.54 bits per heavy atom. The van der Waals surface area contributed by atoms with E-state index in [0.29, 0.717) is 30.9 Å². The number of morpholine rings is 1. The molecule has 1 aromatic rings. The maximum atomic E-state index is 14.5. The lowest BCUT2D eigenvalue weighted by Gasteiger charge is -2.29. The van der Waals surface area contributed by atoms with E-state index in [1.165, 1.54) is 32.1 Å². The molecule has 0 aromatic heterocycles. The molecule has 2 fully saturated rings.